The van der Waals surface area contributed by atoms with Crippen LogP contribution in [0.3, 0.4) is 0 Å². The van der Waals surface area contributed by atoms with Gasteiger partial charge in [-0.15, -0.1) is 5.06 Å². The number of rotatable bonds is 31. The molecule has 9 rings (SSSR count). The smallest absolute Gasteiger partial charge is 0.870 e. The number of nitrogens with one attached hydrogen (secondary N) is 1. The van der Waals surface area contributed by atoms with E-state index in [9.17, 15) is 62.0 Å². The normalized spacial score (nSPS) is 16.5. The molecule has 4 aromatic rings. The Morgan fingerprint density at radius 3 is 1.32 bits per heavy atom. The molecule has 612 valence electrons. The molecule has 0 spiro atoms. The molecule has 0 bridgehead atoms. The number of hydrogen-bond acceptors (Lipinski definition) is 27. The summed E-state index contributed by atoms with van der Waals surface area (Å²) in [5.74, 6) is -1.64. The molecule has 114 heavy (non-hydrogen) atoms. The summed E-state index contributed by atoms with van der Waals surface area (Å²) in [4.78, 5) is 68.3. The van der Waals surface area contributed by atoms with Gasteiger partial charge in [0.1, 0.15) is 34.3 Å². The molecule has 0 unspecified atom stereocenters. The number of fused-ring (bicyclic) bond motifs is 4. The van der Waals surface area contributed by atoms with Crippen LogP contribution in [-0.4, -0.2) is 156 Å². The van der Waals surface area contributed by atoms with E-state index >= 15 is 0 Å². The van der Waals surface area contributed by atoms with Gasteiger partial charge in [-0.25, -0.2) is 21.6 Å². The minimum atomic E-state index is -4.59. The summed E-state index contributed by atoms with van der Waals surface area (Å²) in [6, 6.07) is 19.2. The number of carbonyl (C=O) groups excluding carboxylic acids is 5. The van der Waals surface area contributed by atoms with Crippen molar-refractivity contribution in [3.63, 3.8) is 0 Å². The molecule has 3 amide bonds. The van der Waals surface area contributed by atoms with Crippen molar-refractivity contribution in [3.8, 4) is 0 Å². The van der Waals surface area contributed by atoms with Gasteiger partial charge in [0, 0.05) is 128 Å². The molecule has 5 aliphatic rings. The number of aliphatic hydroxyl groups excluding tert-OH is 2. The predicted octanol–water partition coefficient (Wildman–Crippen LogP) is 0.181. The maximum absolute atomic E-state index is 12.2. The Balaban J connectivity index is 0.00000191. The summed E-state index contributed by atoms with van der Waals surface area (Å²) < 4.78 is 121. The Labute approximate surface area is 740 Å². The molecule has 7 N–H and O–H groups in total. The number of benzene rings is 4. The van der Waals surface area contributed by atoms with Gasteiger partial charge in [-0.2, -0.15) is 9.15 Å². The van der Waals surface area contributed by atoms with Crippen LogP contribution in [0.5, 0.6) is 0 Å². The first-order valence-corrected chi connectivity index (χ1v) is 40.4. The number of carbonyl (C=O) groups is 5. The second kappa shape index (κ2) is 49.0. The summed E-state index contributed by atoms with van der Waals surface area (Å²) in [6.45, 7) is 19.0. The fourth-order valence-electron chi connectivity index (χ4n) is 13.7. The number of allylic oxidation sites excluding steroid dienone is 12. The first-order valence-electron chi connectivity index (χ1n) is 35.4. The third kappa shape index (κ3) is 28.0. The molecular weight excluding hydrogens is 1580 g/mol. The number of aliphatic hydroxyl groups is 2. The zero-order valence-electron chi connectivity index (χ0n) is 66.5. The molecule has 1 saturated heterocycles. The second-order valence-electron chi connectivity index (χ2n) is 28.2. The third-order valence-electron chi connectivity index (χ3n) is 19.5. The zero-order valence-corrected chi connectivity index (χ0v) is 75.8. The third-order valence-corrected chi connectivity index (χ3v) is 22.4. The molecule has 0 atom stereocenters. The fourth-order valence-corrected chi connectivity index (χ4v) is 15.5. The van der Waals surface area contributed by atoms with E-state index in [2.05, 4.69) is 33.9 Å². The number of anilines is 2. The molecule has 0 radical (unpaired) electrons. The van der Waals surface area contributed by atoms with Gasteiger partial charge in [-0.3, -0.25) is 19.2 Å². The Morgan fingerprint density at radius 2 is 0.956 bits per heavy atom. The van der Waals surface area contributed by atoms with Gasteiger partial charge in [0.05, 0.1) is 20.6 Å². The van der Waals surface area contributed by atoms with E-state index in [0.29, 0.717) is 63.3 Å². The fraction of sp³-hybridized carbons (Fsp3) is 0.449. The van der Waals surface area contributed by atoms with Gasteiger partial charge in [-0.05, 0) is 167 Å². The van der Waals surface area contributed by atoms with Crippen molar-refractivity contribution in [2.24, 2.45) is 5.73 Å². The maximum Gasteiger partial charge on any atom is 1.00 e. The molecule has 4 aromatic carbocycles. The first-order chi connectivity index (χ1) is 50.9. The van der Waals surface area contributed by atoms with Crippen molar-refractivity contribution in [2.45, 2.75) is 194 Å². The van der Waals surface area contributed by atoms with Gasteiger partial charge in [0.15, 0.2) is 11.4 Å². The molecule has 0 aliphatic carbocycles. The molecule has 1 fully saturated rings. The van der Waals surface area contributed by atoms with Crippen LogP contribution < -0.4 is 115 Å². The van der Waals surface area contributed by atoms with Crippen LogP contribution >= 0.6 is 0 Å². The number of nitrogens with zero attached hydrogens (tertiary/aromatic N) is 5. The van der Waals surface area contributed by atoms with Crippen molar-refractivity contribution in [1.29, 1.82) is 0 Å². The van der Waals surface area contributed by atoms with E-state index in [-0.39, 0.29) is 171 Å². The molecule has 0 aromatic heterocycles. The standard InChI is InChI=1S/C36H40N3O9S2.C36H46N3O7S2.C4H11NO.CH2O3.CH4.3Na.2H2O/c1-35(2)27-23-25(50(45,46)47)16-18-28(27)37(5)30(35)12-8-6-9-13-31-36(3,4)26-22-24(49(43)44)15-17-29(26)38(31)21-11-7-10-14-34(42)48-39-32(40)19-20-33(39)41;1-35(2)29-25-27(48(44,45)46)18-20-30(29)38(5)32(35)14-8-6-9-15-33-36(3,4)28-24-26(47(42)43)17-19-31(28)39(33)22-12-7-10-16-34(41)37-21-11-13-23-40;5-3-1-2-4-6;2-1-4-3;;;;;;/h6,8-9,12-13,15-18,22-23H,7,10-11,14,19-21H2,1-5H3;6,8-9,14-15,17-20,24-25,40H,7,10-13,16,21-23H2,1-5H3,(H-,37,41,44,45,46);6H,1-5H2;1,3H;1H4;;;;2*1H2/q2*-1;;;;3*+1;;/p-3. The minimum absolute atomic E-state index is 0. The van der Waals surface area contributed by atoms with Crippen molar-refractivity contribution in [2.75, 3.05) is 63.3 Å². The molecule has 29 nitrogen and oxygen atoms in total. The SMILES string of the molecule is C.C[N+]1=C(C=CC=CC=C2N(CCCCCC(=O)NCCCCO)c3ccc([S-](=O)=O)cc3C2(C)C)C(C)(C)c2cc(S(=O)(=O)[O-])ccc21.C[N+]1=C(C=CC=CC=C2N(CCCCCC(=O)ON3C(=O)CCC3=O)c3ccc([S-](=O)=O)cc3C2(C)C)C(C)(C)c2cc(S(=O)(=O)[O-])ccc21.NCCCCO.O=CO[O-].[Na+].[Na+].[Na+].[OH-].[OH-]. The molecule has 5 heterocycles. The first kappa shape index (κ1) is 108. The maximum atomic E-state index is 12.2. The number of imide groups is 1. The van der Waals surface area contributed by atoms with E-state index in [4.69, 9.17) is 30.8 Å². The number of hydroxylamine groups is 2. The van der Waals surface area contributed by atoms with Gasteiger partial charge in [-0.1, -0.05) is 118 Å². The van der Waals surface area contributed by atoms with E-state index in [1.54, 1.807) is 36.4 Å². The average Bonchev–Trinajstić information content (AvgIpc) is 1.62. The monoisotopic (exact) mass is 1690 g/mol. The molecule has 0 saturated carbocycles. The van der Waals surface area contributed by atoms with Gasteiger partial charge >= 0.3 is 94.6 Å². The summed E-state index contributed by atoms with van der Waals surface area (Å²) in [7, 11) is -10.1. The van der Waals surface area contributed by atoms with E-state index < -0.39 is 81.1 Å². The number of hydrogen-bond donors (Lipinski definition) is 4. The predicted molar refractivity (Wildman–Crippen MR) is 413 cm³/mol. The van der Waals surface area contributed by atoms with Crippen LogP contribution in [0, 0.1) is 0 Å². The van der Waals surface area contributed by atoms with Gasteiger partial charge < -0.3 is 82.9 Å². The quantitative estimate of drug-likeness (QED) is 0.00499. The topological polar surface area (TPSA) is 464 Å². The van der Waals surface area contributed by atoms with Crippen LogP contribution in [0.1, 0.15) is 175 Å². The molecular formula is C78H104N7Na3O22S4-2. The van der Waals surface area contributed by atoms with Crippen LogP contribution in [0.25, 0.3) is 0 Å². The Morgan fingerprint density at radius 1 is 0.561 bits per heavy atom. The Bertz CT molecular complexity index is 4650. The van der Waals surface area contributed by atoms with Gasteiger partial charge in [0.2, 0.25) is 17.3 Å². The van der Waals surface area contributed by atoms with E-state index in [0.717, 1.165) is 106 Å². The van der Waals surface area contributed by atoms with Crippen molar-refractivity contribution in [1.82, 2.24) is 10.4 Å². The molecule has 36 heteroatoms. The van der Waals surface area contributed by atoms with E-state index in [1.165, 1.54) is 24.3 Å². The van der Waals surface area contributed by atoms with Crippen molar-refractivity contribution >= 4 is 106 Å². The Hall–Kier alpha value is -5.71. The summed E-state index contributed by atoms with van der Waals surface area (Å²) in [5.41, 5.74) is 13.7. The average molecular weight is 1690 g/mol. The van der Waals surface area contributed by atoms with Crippen LogP contribution in [0.2, 0.25) is 0 Å². The van der Waals surface area contributed by atoms with Crippen molar-refractivity contribution in [3.05, 3.63) is 167 Å². The van der Waals surface area contributed by atoms with Crippen molar-refractivity contribution < 1.29 is 201 Å². The number of nitrogens with two attached hydrogens (primary N) is 1. The largest absolute Gasteiger partial charge is 1.00 e. The van der Waals surface area contributed by atoms with Crippen LogP contribution in [0.4, 0.5) is 22.7 Å². The van der Waals surface area contributed by atoms with Crippen LogP contribution in [0.15, 0.2) is 165 Å². The van der Waals surface area contributed by atoms with E-state index in [1.807, 2.05) is 138 Å². The second-order valence-corrected chi connectivity index (χ2v) is 32.9. The van der Waals surface area contributed by atoms with Gasteiger partial charge in [0.25, 0.3) is 18.3 Å². The Kier molecular flexibility index (Phi) is 46.5. The summed E-state index contributed by atoms with van der Waals surface area (Å²) in [6.07, 6.45) is 27.6. The minimum Gasteiger partial charge on any atom is -0.870 e. The number of unbranched alkanes of at least 4 members (excludes halogenated alkanes) is 6. The summed E-state index contributed by atoms with van der Waals surface area (Å²) >= 11 is 0. The van der Waals surface area contributed by atoms with Crippen LogP contribution in [-0.2, 0) is 114 Å². The molecule has 5 aliphatic heterocycles. The zero-order chi connectivity index (χ0) is 80.1. The summed E-state index contributed by atoms with van der Waals surface area (Å²) in [5, 5.41) is 28.9. The number of amides is 3.